The molecule has 138 valence electrons. The third-order valence-electron chi connectivity index (χ3n) is 4.69. The summed E-state index contributed by atoms with van der Waals surface area (Å²) in [5.41, 5.74) is 4.48. The first-order valence-electron chi connectivity index (χ1n) is 8.54. The Morgan fingerprint density at radius 2 is 1.78 bits per heavy atom. The molecule has 0 heterocycles. The molecule has 0 unspecified atom stereocenters. The molecule has 0 aliphatic heterocycles. The number of aliphatic carboxylic acids is 1. The highest BCUT2D eigenvalue weighted by Crippen LogP contribution is 2.38. The summed E-state index contributed by atoms with van der Waals surface area (Å²) in [6.07, 6.45) is 0.388. The van der Waals surface area contributed by atoms with Crippen LogP contribution >= 0.6 is 11.6 Å². The van der Waals surface area contributed by atoms with E-state index in [1.807, 2.05) is 37.3 Å². The molecule has 0 amide bonds. The number of carboxylic acids is 1. The lowest BCUT2D eigenvalue weighted by molar-refractivity contribution is -0.136. The van der Waals surface area contributed by atoms with Gasteiger partial charge in [-0.3, -0.25) is 9.59 Å². The topological polar surface area (TPSA) is 63.6 Å². The summed E-state index contributed by atoms with van der Waals surface area (Å²) in [4.78, 5) is 24.3. The normalized spacial score (nSPS) is 10.8. The number of carboxylic acid groups (broad SMARTS) is 1. The molecule has 0 radical (unpaired) electrons. The van der Waals surface area contributed by atoms with E-state index in [1.165, 1.54) is 7.11 Å². The molecule has 0 aromatic heterocycles. The SMILES string of the molecule is COc1ccc(C(=O)c2c3cccccc-3c(CCC(=O)O)c2C)cc1Cl. The summed E-state index contributed by atoms with van der Waals surface area (Å²) in [6, 6.07) is 14.4. The van der Waals surface area contributed by atoms with Crippen LogP contribution in [0.3, 0.4) is 0 Å². The minimum atomic E-state index is -0.862. The first kappa shape index (κ1) is 18.9. The fraction of sp³-hybridized carbons (Fsp3) is 0.182. The average molecular weight is 383 g/mol. The number of hydrogen-bond donors (Lipinski definition) is 1. The van der Waals surface area contributed by atoms with Crippen molar-refractivity contribution in [3.8, 4) is 16.9 Å². The van der Waals surface area contributed by atoms with Crippen molar-refractivity contribution in [2.75, 3.05) is 7.11 Å². The molecule has 0 atom stereocenters. The number of benzene rings is 1. The van der Waals surface area contributed by atoms with Crippen molar-refractivity contribution in [1.29, 1.82) is 0 Å². The predicted octanol–water partition coefficient (Wildman–Crippen LogP) is 5.01. The van der Waals surface area contributed by atoms with Crippen molar-refractivity contribution in [3.05, 3.63) is 75.8 Å². The maximum absolute atomic E-state index is 13.3. The van der Waals surface area contributed by atoms with Crippen LogP contribution in [0.15, 0.2) is 48.5 Å². The molecule has 0 spiro atoms. The van der Waals surface area contributed by atoms with Gasteiger partial charge in [0.05, 0.1) is 12.1 Å². The highest BCUT2D eigenvalue weighted by Gasteiger charge is 2.25. The van der Waals surface area contributed by atoms with Crippen molar-refractivity contribution >= 4 is 23.4 Å². The van der Waals surface area contributed by atoms with Gasteiger partial charge in [-0.05, 0) is 53.8 Å². The van der Waals surface area contributed by atoms with E-state index in [0.717, 1.165) is 22.3 Å². The second kappa shape index (κ2) is 7.80. The van der Waals surface area contributed by atoms with Gasteiger partial charge >= 0.3 is 5.97 Å². The molecule has 0 saturated heterocycles. The van der Waals surface area contributed by atoms with Crippen molar-refractivity contribution in [3.63, 3.8) is 0 Å². The summed E-state index contributed by atoms with van der Waals surface area (Å²) in [5, 5.41) is 9.44. The van der Waals surface area contributed by atoms with E-state index in [-0.39, 0.29) is 12.2 Å². The predicted molar refractivity (Wildman–Crippen MR) is 105 cm³/mol. The quantitative estimate of drug-likeness (QED) is 0.608. The standard InChI is InChI=1S/C22H19ClO4/c1-13-15(9-11-20(24)25)16-6-4-3-5-7-17(16)21(13)22(26)14-8-10-19(27-2)18(23)12-14/h3-8,10,12H,9,11H2,1-2H3,(H,24,25). The second-order valence-electron chi connectivity index (χ2n) is 6.29. The van der Waals surface area contributed by atoms with Crippen molar-refractivity contribution < 1.29 is 19.4 Å². The number of hydrogen-bond acceptors (Lipinski definition) is 3. The smallest absolute Gasteiger partial charge is 0.303 e. The molecule has 0 saturated carbocycles. The van der Waals surface area contributed by atoms with Crippen LogP contribution in [0.2, 0.25) is 5.02 Å². The monoisotopic (exact) mass is 382 g/mol. The van der Waals surface area contributed by atoms with E-state index in [9.17, 15) is 9.59 Å². The van der Waals surface area contributed by atoms with E-state index in [2.05, 4.69) is 0 Å². The van der Waals surface area contributed by atoms with Gasteiger partial charge in [-0.2, -0.15) is 0 Å². The molecule has 2 aliphatic carbocycles. The third-order valence-corrected chi connectivity index (χ3v) is 4.99. The lowest BCUT2D eigenvalue weighted by Crippen LogP contribution is -2.04. The Balaban J connectivity index is 2.14. The number of halogens is 1. The lowest BCUT2D eigenvalue weighted by atomic mass is 9.98. The molecular formula is C22H19ClO4. The van der Waals surface area contributed by atoms with Crippen molar-refractivity contribution in [2.24, 2.45) is 0 Å². The Labute approximate surface area is 162 Å². The zero-order valence-electron chi connectivity index (χ0n) is 15.1. The summed E-state index contributed by atoms with van der Waals surface area (Å²) >= 11 is 6.19. The summed E-state index contributed by atoms with van der Waals surface area (Å²) in [7, 11) is 1.52. The van der Waals surface area contributed by atoms with Gasteiger partial charge in [0.1, 0.15) is 5.75 Å². The highest BCUT2D eigenvalue weighted by atomic mass is 35.5. The number of rotatable bonds is 6. The fourth-order valence-electron chi connectivity index (χ4n) is 3.38. The van der Waals surface area contributed by atoms with E-state index >= 15 is 0 Å². The Morgan fingerprint density at radius 1 is 1.07 bits per heavy atom. The average Bonchev–Trinajstić information content (AvgIpc) is 2.78. The number of ketones is 1. The van der Waals surface area contributed by atoms with Gasteiger partial charge in [-0.25, -0.2) is 0 Å². The van der Waals surface area contributed by atoms with Crippen LogP contribution in [0.4, 0.5) is 0 Å². The van der Waals surface area contributed by atoms with Crippen molar-refractivity contribution in [2.45, 2.75) is 19.8 Å². The van der Waals surface area contributed by atoms with Gasteiger partial charge < -0.3 is 9.84 Å². The second-order valence-corrected chi connectivity index (χ2v) is 6.70. The van der Waals surface area contributed by atoms with E-state index in [0.29, 0.717) is 28.3 Å². The van der Waals surface area contributed by atoms with Crippen LogP contribution in [0, 0.1) is 6.92 Å². The molecule has 3 rings (SSSR count). The van der Waals surface area contributed by atoms with Gasteiger partial charge in [-0.15, -0.1) is 0 Å². The number of fused-ring (bicyclic) bond motifs is 1. The van der Waals surface area contributed by atoms with Crippen LogP contribution in [0.1, 0.15) is 33.5 Å². The third kappa shape index (κ3) is 3.67. The zero-order valence-corrected chi connectivity index (χ0v) is 15.8. The summed E-state index contributed by atoms with van der Waals surface area (Å²) in [6.45, 7) is 1.87. The minimum Gasteiger partial charge on any atom is -0.495 e. The van der Waals surface area contributed by atoms with Crippen LogP contribution in [-0.4, -0.2) is 24.0 Å². The number of ether oxygens (including phenoxy) is 1. The van der Waals surface area contributed by atoms with E-state index in [1.54, 1.807) is 18.2 Å². The highest BCUT2D eigenvalue weighted by molar-refractivity contribution is 6.32. The summed E-state index contributed by atoms with van der Waals surface area (Å²) < 4.78 is 5.15. The van der Waals surface area contributed by atoms with Gasteiger partial charge in [0.15, 0.2) is 5.78 Å². The number of carbonyl (C=O) groups excluding carboxylic acids is 1. The minimum absolute atomic E-state index is 0.0144. The first-order valence-corrected chi connectivity index (χ1v) is 8.92. The van der Waals surface area contributed by atoms with Crippen LogP contribution < -0.4 is 4.74 Å². The van der Waals surface area contributed by atoms with Gasteiger partial charge in [0.2, 0.25) is 0 Å². The van der Waals surface area contributed by atoms with E-state index < -0.39 is 5.97 Å². The molecule has 0 fully saturated rings. The number of methoxy groups -OCH3 is 1. The van der Waals surface area contributed by atoms with E-state index in [4.69, 9.17) is 21.4 Å². The maximum Gasteiger partial charge on any atom is 0.303 e. The Morgan fingerprint density at radius 3 is 2.41 bits per heavy atom. The van der Waals surface area contributed by atoms with Gasteiger partial charge in [0, 0.05) is 17.5 Å². The molecule has 4 nitrogen and oxygen atoms in total. The Bertz CT molecular complexity index is 994. The molecule has 0 bridgehead atoms. The Hall–Kier alpha value is -2.85. The van der Waals surface area contributed by atoms with Gasteiger partial charge in [-0.1, -0.05) is 41.9 Å². The van der Waals surface area contributed by atoms with Crippen LogP contribution in [0.5, 0.6) is 5.75 Å². The summed E-state index contributed by atoms with van der Waals surface area (Å²) in [5.74, 6) is -0.500. The van der Waals surface area contributed by atoms with Crippen LogP contribution in [-0.2, 0) is 11.2 Å². The number of carbonyl (C=O) groups is 2. The van der Waals surface area contributed by atoms with Crippen molar-refractivity contribution in [1.82, 2.24) is 0 Å². The molecule has 1 N–H and O–H groups in total. The molecule has 27 heavy (non-hydrogen) atoms. The van der Waals surface area contributed by atoms with Crippen LogP contribution in [0.25, 0.3) is 11.1 Å². The molecule has 1 aromatic rings. The Kier molecular flexibility index (Phi) is 5.47. The zero-order chi connectivity index (χ0) is 19.6. The first-order chi connectivity index (χ1) is 12.9. The van der Waals surface area contributed by atoms with Gasteiger partial charge in [0.25, 0.3) is 0 Å². The molecule has 5 heteroatoms. The molecule has 2 aliphatic rings. The lowest BCUT2D eigenvalue weighted by Gasteiger charge is -2.07. The molecule has 1 aromatic carbocycles. The largest absolute Gasteiger partial charge is 0.495 e. The molecular weight excluding hydrogens is 364 g/mol. The maximum atomic E-state index is 13.3. The fourth-order valence-corrected chi connectivity index (χ4v) is 3.64.